The summed E-state index contributed by atoms with van der Waals surface area (Å²) in [5.74, 6) is 0.0324. The van der Waals surface area contributed by atoms with Crippen LogP contribution in [0.4, 0.5) is 0 Å². The van der Waals surface area contributed by atoms with Gasteiger partial charge in [0.1, 0.15) is 12.9 Å². The largest absolute Gasteiger partial charge is 0.338 e. The Hall–Kier alpha value is -2.29. The Kier molecular flexibility index (Phi) is 4.89. The van der Waals surface area contributed by atoms with E-state index in [1.165, 1.54) is 21.4 Å². The number of hydrogen-bond acceptors (Lipinski definition) is 6. The highest BCUT2D eigenvalue weighted by atomic mass is 32.1. The van der Waals surface area contributed by atoms with Crippen molar-refractivity contribution in [2.75, 3.05) is 26.2 Å². The van der Waals surface area contributed by atoms with Gasteiger partial charge in [-0.15, -0.1) is 16.4 Å². The van der Waals surface area contributed by atoms with Crippen LogP contribution in [0.2, 0.25) is 0 Å². The molecule has 24 heavy (non-hydrogen) atoms. The van der Waals surface area contributed by atoms with Gasteiger partial charge in [0.25, 0.3) is 5.91 Å². The summed E-state index contributed by atoms with van der Waals surface area (Å²) < 4.78 is 1.40. The van der Waals surface area contributed by atoms with Crippen molar-refractivity contribution in [3.63, 3.8) is 0 Å². The molecule has 0 aromatic carbocycles. The Bertz CT molecular complexity index is 718. The molecule has 1 aliphatic rings. The average Bonchev–Trinajstić information content (AvgIpc) is 3.23. The van der Waals surface area contributed by atoms with Crippen molar-refractivity contribution in [1.82, 2.24) is 30.0 Å². The van der Waals surface area contributed by atoms with Gasteiger partial charge in [0, 0.05) is 31.1 Å². The summed E-state index contributed by atoms with van der Waals surface area (Å²) in [6, 6.07) is 1.97. The molecule has 2 aromatic heterocycles. The van der Waals surface area contributed by atoms with Gasteiger partial charge in [-0.05, 0) is 35.4 Å². The summed E-state index contributed by atoms with van der Waals surface area (Å²) in [5, 5.41) is 10.7. The summed E-state index contributed by atoms with van der Waals surface area (Å²) in [4.78, 5) is 30.4. The van der Waals surface area contributed by atoms with E-state index >= 15 is 0 Å². The summed E-state index contributed by atoms with van der Waals surface area (Å²) in [5.41, 5.74) is 1.18. The second-order valence-electron chi connectivity index (χ2n) is 5.75. The van der Waals surface area contributed by atoms with Crippen molar-refractivity contribution >= 4 is 23.2 Å². The highest BCUT2D eigenvalue weighted by Crippen LogP contribution is 2.24. The molecule has 1 saturated heterocycles. The van der Waals surface area contributed by atoms with Gasteiger partial charge in [-0.1, -0.05) is 6.92 Å². The van der Waals surface area contributed by atoms with Crippen molar-refractivity contribution in [3.05, 3.63) is 27.7 Å². The first-order chi connectivity index (χ1) is 11.6. The van der Waals surface area contributed by atoms with E-state index in [2.05, 4.69) is 22.4 Å². The first-order valence-electron chi connectivity index (χ1n) is 7.95. The molecule has 3 heterocycles. The fraction of sp³-hybridized carbons (Fsp3) is 0.533. The van der Waals surface area contributed by atoms with E-state index in [9.17, 15) is 9.59 Å². The maximum absolute atomic E-state index is 12.6. The predicted octanol–water partition coefficient (Wildman–Crippen LogP) is 0.590. The number of nitrogens with zero attached hydrogens (tertiary/aromatic N) is 6. The van der Waals surface area contributed by atoms with E-state index in [-0.39, 0.29) is 18.4 Å². The van der Waals surface area contributed by atoms with Crippen LogP contribution in [0.25, 0.3) is 0 Å². The van der Waals surface area contributed by atoms with Crippen LogP contribution >= 0.6 is 11.3 Å². The lowest BCUT2D eigenvalue weighted by Crippen LogP contribution is -2.51. The lowest BCUT2D eigenvalue weighted by molar-refractivity contribution is -0.133. The van der Waals surface area contributed by atoms with Crippen LogP contribution in [-0.4, -0.2) is 68.0 Å². The van der Waals surface area contributed by atoms with Crippen molar-refractivity contribution in [2.45, 2.75) is 26.8 Å². The van der Waals surface area contributed by atoms with Crippen LogP contribution in [0.1, 0.15) is 27.0 Å². The molecule has 0 atom stereocenters. The number of carbonyl (C=O) groups is 2. The summed E-state index contributed by atoms with van der Waals surface area (Å²) in [6.07, 6.45) is 2.37. The Balaban J connectivity index is 1.56. The molecule has 3 rings (SSSR count). The molecule has 0 saturated carbocycles. The Morgan fingerprint density at radius 1 is 1.21 bits per heavy atom. The molecule has 1 fully saturated rings. The minimum atomic E-state index is -0.0327. The molecule has 2 aromatic rings. The summed E-state index contributed by atoms with van der Waals surface area (Å²) in [6.45, 7) is 6.46. The first kappa shape index (κ1) is 16.6. The van der Waals surface area contributed by atoms with Gasteiger partial charge < -0.3 is 9.80 Å². The normalized spacial score (nSPS) is 14.9. The summed E-state index contributed by atoms with van der Waals surface area (Å²) in [7, 11) is 0. The van der Waals surface area contributed by atoms with E-state index in [1.54, 1.807) is 16.2 Å². The zero-order chi connectivity index (χ0) is 17.1. The number of aryl methyl sites for hydroxylation is 2. The van der Waals surface area contributed by atoms with Crippen molar-refractivity contribution < 1.29 is 9.59 Å². The van der Waals surface area contributed by atoms with Gasteiger partial charge >= 0.3 is 0 Å². The molecule has 8 nitrogen and oxygen atoms in total. The Morgan fingerprint density at radius 2 is 1.92 bits per heavy atom. The fourth-order valence-corrected chi connectivity index (χ4v) is 3.86. The van der Waals surface area contributed by atoms with Crippen LogP contribution < -0.4 is 0 Å². The number of hydrogen-bond donors (Lipinski definition) is 0. The van der Waals surface area contributed by atoms with Gasteiger partial charge in [-0.3, -0.25) is 9.59 Å². The topological polar surface area (TPSA) is 84.2 Å². The number of carbonyl (C=O) groups excluding carboxylic acids is 2. The number of amides is 2. The van der Waals surface area contributed by atoms with E-state index < -0.39 is 0 Å². The third-order valence-corrected chi connectivity index (χ3v) is 5.53. The molecule has 128 valence electrons. The lowest BCUT2D eigenvalue weighted by atomic mass is 10.2. The number of aromatic nitrogens is 4. The highest BCUT2D eigenvalue weighted by molar-refractivity contribution is 7.14. The molecular formula is C15H20N6O2S. The first-order valence-corrected chi connectivity index (χ1v) is 8.77. The summed E-state index contributed by atoms with van der Waals surface area (Å²) >= 11 is 1.57. The third-order valence-electron chi connectivity index (χ3n) is 4.16. The molecule has 1 aliphatic heterocycles. The zero-order valence-corrected chi connectivity index (χ0v) is 14.6. The maximum Gasteiger partial charge on any atom is 0.264 e. The van der Waals surface area contributed by atoms with Gasteiger partial charge in [-0.25, -0.2) is 4.68 Å². The maximum atomic E-state index is 12.6. The van der Waals surface area contributed by atoms with E-state index in [0.717, 1.165) is 11.3 Å². The van der Waals surface area contributed by atoms with Gasteiger partial charge in [0.15, 0.2) is 0 Å². The van der Waals surface area contributed by atoms with Crippen molar-refractivity contribution in [3.8, 4) is 0 Å². The zero-order valence-electron chi connectivity index (χ0n) is 13.8. The van der Waals surface area contributed by atoms with Crippen LogP contribution in [0.15, 0.2) is 12.4 Å². The number of rotatable bonds is 4. The molecule has 0 N–H and O–H groups in total. The molecule has 0 bridgehead atoms. The standard InChI is InChI=1S/C15H20N6O2S/c1-3-12-11(2)8-13(24-12)15(23)20-6-4-19(5-7-20)14(22)9-21-10-16-17-18-21/h8,10H,3-7,9H2,1-2H3. The average molecular weight is 348 g/mol. The second kappa shape index (κ2) is 7.08. The number of tetrazole rings is 1. The highest BCUT2D eigenvalue weighted by Gasteiger charge is 2.26. The molecular weight excluding hydrogens is 328 g/mol. The quantitative estimate of drug-likeness (QED) is 0.807. The Morgan fingerprint density at radius 3 is 2.50 bits per heavy atom. The van der Waals surface area contributed by atoms with E-state index in [0.29, 0.717) is 26.2 Å². The van der Waals surface area contributed by atoms with Crippen LogP contribution in [0.5, 0.6) is 0 Å². The molecule has 9 heteroatoms. The molecule has 0 spiro atoms. The molecule has 2 amide bonds. The number of piperazine rings is 1. The van der Waals surface area contributed by atoms with Crippen LogP contribution in [-0.2, 0) is 17.8 Å². The van der Waals surface area contributed by atoms with Gasteiger partial charge in [0.05, 0.1) is 4.88 Å². The SMILES string of the molecule is CCc1sc(C(=O)N2CCN(C(=O)Cn3cnnn3)CC2)cc1C. The van der Waals surface area contributed by atoms with Crippen molar-refractivity contribution in [2.24, 2.45) is 0 Å². The molecule has 0 unspecified atom stereocenters. The Labute approximate surface area is 144 Å². The molecule has 0 aliphatic carbocycles. The van der Waals surface area contributed by atoms with Crippen molar-refractivity contribution in [1.29, 1.82) is 0 Å². The minimum Gasteiger partial charge on any atom is -0.338 e. The minimum absolute atomic E-state index is 0.0327. The van der Waals surface area contributed by atoms with Gasteiger partial charge in [0.2, 0.25) is 5.91 Å². The van der Waals surface area contributed by atoms with Crippen LogP contribution in [0.3, 0.4) is 0 Å². The van der Waals surface area contributed by atoms with E-state index in [4.69, 9.17) is 0 Å². The molecule has 0 radical (unpaired) electrons. The number of thiophene rings is 1. The van der Waals surface area contributed by atoms with E-state index in [1.807, 2.05) is 17.9 Å². The second-order valence-corrected chi connectivity index (χ2v) is 6.89. The third kappa shape index (κ3) is 3.45. The van der Waals surface area contributed by atoms with Gasteiger partial charge in [-0.2, -0.15) is 0 Å². The lowest BCUT2D eigenvalue weighted by Gasteiger charge is -2.34. The smallest absolute Gasteiger partial charge is 0.264 e. The predicted molar refractivity (Wildman–Crippen MR) is 88.7 cm³/mol. The fourth-order valence-electron chi connectivity index (χ4n) is 2.78. The monoisotopic (exact) mass is 348 g/mol. The van der Waals surface area contributed by atoms with Crippen LogP contribution in [0, 0.1) is 6.92 Å².